The molecule has 4 nitrogen and oxygen atoms in total. The van der Waals surface area contributed by atoms with E-state index in [2.05, 4.69) is 10.1 Å². The minimum Gasteiger partial charge on any atom is -0.469 e. The quantitative estimate of drug-likeness (QED) is 0.640. The molecule has 0 bridgehead atoms. The standard InChI is InChI=1S/C9H17NO3/c1-12-8-6-10-4-3-7(8)5-9(11)13-2/h7-8,10H,3-6H2,1-2H3. The largest absolute Gasteiger partial charge is 0.469 e. The van der Waals surface area contributed by atoms with Crippen molar-refractivity contribution in [3.05, 3.63) is 0 Å². The van der Waals surface area contributed by atoms with Crippen LogP contribution in [0.4, 0.5) is 0 Å². The average molecular weight is 187 g/mol. The molecule has 13 heavy (non-hydrogen) atoms. The third kappa shape index (κ3) is 2.97. The Labute approximate surface area is 78.6 Å². The number of nitrogens with one attached hydrogen (secondary N) is 1. The minimum absolute atomic E-state index is 0.144. The minimum atomic E-state index is -0.144. The monoisotopic (exact) mass is 187 g/mol. The summed E-state index contributed by atoms with van der Waals surface area (Å²) in [7, 11) is 3.10. The number of rotatable bonds is 3. The molecule has 2 unspecified atom stereocenters. The molecule has 4 heteroatoms. The lowest BCUT2D eigenvalue weighted by Gasteiger charge is -2.30. The molecule has 1 aliphatic heterocycles. The molecule has 1 rings (SSSR count). The Hall–Kier alpha value is -0.610. The first kappa shape index (κ1) is 10.5. The summed E-state index contributed by atoms with van der Waals surface area (Å²) in [5, 5.41) is 3.23. The van der Waals surface area contributed by atoms with E-state index in [1.54, 1.807) is 7.11 Å². The predicted molar refractivity (Wildman–Crippen MR) is 48.4 cm³/mol. The highest BCUT2D eigenvalue weighted by Crippen LogP contribution is 2.19. The van der Waals surface area contributed by atoms with Gasteiger partial charge in [-0.25, -0.2) is 0 Å². The number of carbonyl (C=O) groups excluding carboxylic acids is 1. The smallest absolute Gasteiger partial charge is 0.305 e. The van der Waals surface area contributed by atoms with Gasteiger partial charge in [-0.15, -0.1) is 0 Å². The van der Waals surface area contributed by atoms with Gasteiger partial charge in [-0.3, -0.25) is 4.79 Å². The van der Waals surface area contributed by atoms with Crippen molar-refractivity contribution in [3.8, 4) is 0 Å². The Morgan fingerprint density at radius 2 is 2.31 bits per heavy atom. The van der Waals surface area contributed by atoms with Gasteiger partial charge in [0.2, 0.25) is 0 Å². The van der Waals surface area contributed by atoms with Gasteiger partial charge in [0.05, 0.1) is 19.6 Å². The zero-order valence-electron chi connectivity index (χ0n) is 8.21. The summed E-state index contributed by atoms with van der Waals surface area (Å²) in [6.45, 7) is 1.79. The zero-order valence-corrected chi connectivity index (χ0v) is 8.21. The fourth-order valence-corrected chi connectivity index (χ4v) is 1.69. The van der Waals surface area contributed by atoms with E-state index < -0.39 is 0 Å². The van der Waals surface area contributed by atoms with Crippen LogP contribution in [0.25, 0.3) is 0 Å². The van der Waals surface area contributed by atoms with Crippen LogP contribution >= 0.6 is 0 Å². The van der Waals surface area contributed by atoms with Crippen LogP contribution in [0.5, 0.6) is 0 Å². The molecule has 0 saturated carbocycles. The van der Waals surface area contributed by atoms with Gasteiger partial charge in [0.15, 0.2) is 0 Å². The summed E-state index contributed by atoms with van der Waals surface area (Å²) in [5.74, 6) is 0.160. The number of methoxy groups -OCH3 is 2. The van der Waals surface area contributed by atoms with Crippen LogP contribution in [0.2, 0.25) is 0 Å². The van der Waals surface area contributed by atoms with Crippen molar-refractivity contribution in [3.63, 3.8) is 0 Å². The van der Waals surface area contributed by atoms with Crippen LogP contribution in [-0.2, 0) is 14.3 Å². The van der Waals surface area contributed by atoms with Crippen LogP contribution in [0, 0.1) is 5.92 Å². The van der Waals surface area contributed by atoms with E-state index in [0.717, 1.165) is 19.5 Å². The van der Waals surface area contributed by atoms with E-state index in [4.69, 9.17) is 4.74 Å². The third-order valence-electron chi connectivity index (χ3n) is 2.52. The molecule has 0 radical (unpaired) electrons. The molecule has 0 amide bonds. The molecule has 2 atom stereocenters. The number of hydrogen-bond acceptors (Lipinski definition) is 4. The summed E-state index contributed by atoms with van der Waals surface area (Å²) < 4.78 is 9.91. The Kier molecular flexibility index (Phi) is 4.18. The molecule has 0 spiro atoms. The normalized spacial score (nSPS) is 28.5. The van der Waals surface area contributed by atoms with Crippen molar-refractivity contribution < 1.29 is 14.3 Å². The summed E-state index contributed by atoms with van der Waals surface area (Å²) >= 11 is 0. The maximum Gasteiger partial charge on any atom is 0.305 e. The van der Waals surface area contributed by atoms with Gasteiger partial charge in [-0.1, -0.05) is 0 Å². The second-order valence-electron chi connectivity index (χ2n) is 3.31. The van der Waals surface area contributed by atoms with E-state index in [-0.39, 0.29) is 12.1 Å². The Bertz CT molecular complexity index is 172. The first-order valence-corrected chi connectivity index (χ1v) is 4.58. The molecule has 1 fully saturated rings. The number of piperidine rings is 1. The fourth-order valence-electron chi connectivity index (χ4n) is 1.69. The fraction of sp³-hybridized carbons (Fsp3) is 0.889. The maximum atomic E-state index is 11.0. The van der Waals surface area contributed by atoms with Crippen molar-refractivity contribution in [2.45, 2.75) is 18.9 Å². The van der Waals surface area contributed by atoms with E-state index in [9.17, 15) is 4.79 Å². The number of hydrogen-bond donors (Lipinski definition) is 1. The number of carbonyl (C=O) groups is 1. The number of esters is 1. The molecule has 1 aliphatic rings. The van der Waals surface area contributed by atoms with Crippen molar-refractivity contribution in [1.29, 1.82) is 0 Å². The average Bonchev–Trinajstić information content (AvgIpc) is 2.18. The van der Waals surface area contributed by atoms with Gasteiger partial charge in [0, 0.05) is 13.7 Å². The Morgan fingerprint density at radius 3 is 2.92 bits per heavy atom. The highest BCUT2D eigenvalue weighted by molar-refractivity contribution is 5.69. The van der Waals surface area contributed by atoms with E-state index in [1.807, 2.05) is 0 Å². The second kappa shape index (κ2) is 5.19. The van der Waals surface area contributed by atoms with Gasteiger partial charge in [-0.2, -0.15) is 0 Å². The van der Waals surface area contributed by atoms with Crippen molar-refractivity contribution >= 4 is 5.97 Å². The first-order valence-electron chi connectivity index (χ1n) is 4.58. The van der Waals surface area contributed by atoms with Gasteiger partial charge < -0.3 is 14.8 Å². The van der Waals surface area contributed by atoms with E-state index in [0.29, 0.717) is 12.3 Å². The second-order valence-corrected chi connectivity index (χ2v) is 3.31. The molecule has 0 aromatic rings. The van der Waals surface area contributed by atoms with Crippen LogP contribution < -0.4 is 5.32 Å². The Morgan fingerprint density at radius 1 is 1.54 bits per heavy atom. The Balaban J connectivity index is 2.40. The van der Waals surface area contributed by atoms with Gasteiger partial charge >= 0.3 is 5.97 Å². The lowest BCUT2D eigenvalue weighted by atomic mass is 9.92. The van der Waals surface area contributed by atoms with Crippen LogP contribution in [0.1, 0.15) is 12.8 Å². The van der Waals surface area contributed by atoms with Crippen LogP contribution in [0.3, 0.4) is 0 Å². The first-order chi connectivity index (χ1) is 6.27. The van der Waals surface area contributed by atoms with E-state index >= 15 is 0 Å². The molecular weight excluding hydrogens is 170 g/mol. The SMILES string of the molecule is COC(=O)CC1CCNCC1OC. The van der Waals surface area contributed by atoms with Crippen molar-refractivity contribution in [1.82, 2.24) is 5.32 Å². The molecule has 1 saturated heterocycles. The zero-order chi connectivity index (χ0) is 9.68. The summed E-state index contributed by atoms with van der Waals surface area (Å²) in [4.78, 5) is 11.0. The van der Waals surface area contributed by atoms with Gasteiger partial charge in [0.25, 0.3) is 0 Å². The molecule has 76 valence electrons. The van der Waals surface area contributed by atoms with Gasteiger partial charge in [-0.05, 0) is 18.9 Å². The van der Waals surface area contributed by atoms with E-state index in [1.165, 1.54) is 7.11 Å². The van der Waals surface area contributed by atoms with Crippen LogP contribution in [-0.4, -0.2) is 39.4 Å². The molecule has 0 aromatic heterocycles. The molecule has 0 aromatic carbocycles. The third-order valence-corrected chi connectivity index (χ3v) is 2.52. The lowest BCUT2D eigenvalue weighted by Crippen LogP contribution is -2.42. The van der Waals surface area contributed by atoms with Crippen LogP contribution in [0.15, 0.2) is 0 Å². The lowest BCUT2D eigenvalue weighted by molar-refractivity contribution is -0.143. The maximum absolute atomic E-state index is 11.0. The topological polar surface area (TPSA) is 47.6 Å². The number of ether oxygens (including phenoxy) is 2. The summed E-state index contributed by atoms with van der Waals surface area (Å²) in [6, 6.07) is 0. The van der Waals surface area contributed by atoms with Crippen molar-refractivity contribution in [2.24, 2.45) is 5.92 Å². The molecular formula is C9H17NO3. The highest BCUT2D eigenvalue weighted by atomic mass is 16.5. The molecule has 1 N–H and O–H groups in total. The highest BCUT2D eigenvalue weighted by Gasteiger charge is 2.26. The summed E-state index contributed by atoms with van der Waals surface area (Å²) in [5.41, 5.74) is 0. The molecule has 0 aliphatic carbocycles. The summed E-state index contributed by atoms with van der Waals surface area (Å²) in [6.07, 6.45) is 1.59. The predicted octanol–water partition coefficient (Wildman–Crippen LogP) is 0.174. The molecule has 1 heterocycles. The van der Waals surface area contributed by atoms with Crippen molar-refractivity contribution in [2.75, 3.05) is 27.3 Å². The van der Waals surface area contributed by atoms with Gasteiger partial charge in [0.1, 0.15) is 0 Å².